The average molecular weight is 415 g/mol. The lowest BCUT2D eigenvalue weighted by Crippen LogP contribution is -2.30. The molecular weight excluding hydrogens is 388 g/mol. The van der Waals surface area contributed by atoms with Crippen molar-refractivity contribution in [3.8, 4) is 0 Å². The van der Waals surface area contributed by atoms with E-state index in [0.29, 0.717) is 5.95 Å². The van der Waals surface area contributed by atoms with Gasteiger partial charge in [0.05, 0.1) is 0 Å². The van der Waals surface area contributed by atoms with Gasteiger partial charge in [-0.2, -0.15) is 9.97 Å². The highest BCUT2D eigenvalue weighted by molar-refractivity contribution is 5.65. The normalized spacial score (nSPS) is 14.0. The Bertz CT molecular complexity index is 1180. The SMILES string of the molecule is CCc1cccc(Nc2nc(Nc3ccn4ccnc4c3)cc(N3CCCCC3)n2)n1. The van der Waals surface area contributed by atoms with E-state index in [1.165, 1.54) is 19.3 Å². The van der Waals surface area contributed by atoms with E-state index < -0.39 is 0 Å². The highest BCUT2D eigenvalue weighted by Gasteiger charge is 2.15. The van der Waals surface area contributed by atoms with Crippen LogP contribution in [0.3, 0.4) is 0 Å². The van der Waals surface area contributed by atoms with Crippen molar-refractivity contribution in [1.29, 1.82) is 0 Å². The monoisotopic (exact) mass is 414 g/mol. The fourth-order valence-electron chi connectivity index (χ4n) is 3.84. The molecule has 1 fully saturated rings. The maximum atomic E-state index is 4.80. The molecule has 0 radical (unpaired) electrons. The molecule has 1 aliphatic heterocycles. The Balaban J connectivity index is 1.47. The van der Waals surface area contributed by atoms with E-state index in [1.54, 1.807) is 6.20 Å². The maximum Gasteiger partial charge on any atom is 0.232 e. The summed E-state index contributed by atoms with van der Waals surface area (Å²) in [5, 5.41) is 6.72. The summed E-state index contributed by atoms with van der Waals surface area (Å²) in [5.41, 5.74) is 2.84. The third-order valence-electron chi connectivity index (χ3n) is 5.47. The van der Waals surface area contributed by atoms with Crippen LogP contribution >= 0.6 is 0 Å². The summed E-state index contributed by atoms with van der Waals surface area (Å²) in [6.45, 7) is 4.12. The molecular formula is C23H26N8. The summed E-state index contributed by atoms with van der Waals surface area (Å²) >= 11 is 0. The molecule has 5 rings (SSSR count). The van der Waals surface area contributed by atoms with Gasteiger partial charge in [-0.1, -0.05) is 13.0 Å². The molecule has 0 atom stereocenters. The van der Waals surface area contributed by atoms with Crippen molar-refractivity contribution in [1.82, 2.24) is 24.3 Å². The molecule has 0 aliphatic carbocycles. The molecule has 5 heterocycles. The molecule has 1 saturated heterocycles. The Morgan fingerprint density at radius 2 is 1.81 bits per heavy atom. The van der Waals surface area contributed by atoms with Crippen LogP contribution in [0.1, 0.15) is 31.9 Å². The van der Waals surface area contributed by atoms with E-state index in [0.717, 1.165) is 54.0 Å². The van der Waals surface area contributed by atoms with Gasteiger partial charge in [0, 0.05) is 55.2 Å². The number of pyridine rings is 2. The molecule has 4 aromatic rings. The summed E-state index contributed by atoms with van der Waals surface area (Å²) in [7, 11) is 0. The van der Waals surface area contributed by atoms with Gasteiger partial charge >= 0.3 is 0 Å². The first-order chi connectivity index (χ1) is 15.3. The van der Waals surface area contributed by atoms with E-state index in [1.807, 2.05) is 53.2 Å². The number of fused-ring (bicyclic) bond motifs is 1. The van der Waals surface area contributed by atoms with E-state index >= 15 is 0 Å². The second-order valence-corrected chi connectivity index (χ2v) is 7.71. The number of aromatic nitrogens is 5. The van der Waals surface area contributed by atoms with E-state index in [9.17, 15) is 0 Å². The van der Waals surface area contributed by atoms with Crippen LogP contribution in [0, 0.1) is 0 Å². The fourth-order valence-corrected chi connectivity index (χ4v) is 3.84. The number of aryl methyl sites for hydroxylation is 1. The van der Waals surface area contributed by atoms with Crippen LogP contribution in [0.2, 0.25) is 0 Å². The van der Waals surface area contributed by atoms with Crippen molar-refractivity contribution in [2.24, 2.45) is 0 Å². The van der Waals surface area contributed by atoms with E-state index in [4.69, 9.17) is 9.97 Å². The summed E-state index contributed by atoms with van der Waals surface area (Å²) < 4.78 is 1.98. The van der Waals surface area contributed by atoms with Gasteiger partial charge in [-0.05, 0) is 43.9 Å². The van der Waals surface area contributed by atoms with E-state index in [-0.39, 0.29) is 0 Å². The topological polar surface area (TPSA) is 83.3 Å². The molecule has 0 unspecified atom stereocenters. The van der Waals surface area contributed by atoms with Crippen molar-refractivity contribution >= 4 is 34.7 Å². The van der Waals surface area contributed by atoms with Gasteiger partial charge < -0.3 is 19.9 Å². The van der Waals surface area contributed by atoms with E-state index in [2.05, 4.69) is 32.4 Å². The number of rotatable bonds is 6. The van der Waals surface area contributed by atoms with Crippen LogP contribution < -0.4 is 15.5 Å². The zero-order valence-electron chi connectivity index (χ0n) is 17.6. The summed E-state index contributed by atoms with van der Waals surface area (Å²) in [6, 6.07) is 12.0. The minimum absolute atomic E-state index is 0.535. The first kappa shape index (κ1) is 19.3. The van der Waals surface area contributed by atoms with Gasteiger partial charge in [-0.25, -0.2) is 9.97 Å². The van der Waals surface area contributed by atoms with Gasteiger partial charge in [-0.15, -0.1) is 0 Å². The van der Waals surface area contributed by atoms with Crippen molar-refractivity contribution in [2.75, 3.05) is 28.6 Å². The van der Waals surface area contributed by atoms with Crippen LogP contribution in [-0.2, 0) is 6.42 Å². The summed E-state index contributed by atoms with van der Waals surface area (Å²) in [4.78, 5) is 20.8. The average Bonchev–Trinajstić information content (AvgIpc) is 3.27. The Labute approximate surface area is 181 Å². The molecule has 8 heteroatoms. The lowest BCUT2D eigenvalue weighted by Gasteiger charge is -2.28. The standard InChI is InChI=1S/C23H26N8/c1-2-17-7-6-8-19(25-17)27-23-28-20(16-22(29-23)30-11-4-3-5-12-30)26-18-9-13-31-14-10-24-21(31)15-18/h6-10,13-16H,2-5,11-12H2,1H3,(H2,25,26,27,28,29). The van der Waals surface area contributed by atoms with Crippen molar-refractivity contribution in [3.05, 3.63) is 60.7 Å². The Morgan fingerprint density at radius 1 is 0.903 bits per heavy atom. The van der Waals surface area contributed by atoms with Gasteiger partial charge in [0.25, 0.3) is 0 Å². The number of hydrogen-bond donors (Lipinski definition) is 2. The molecule has 2 N–H and O–H groups in total. The first-order valence-corrected chi connectivity index (χ1v) is 10.8. The molecule has 0 saturated carbocycles. The minimum atomic E-state index is 0.535. The number of piperidine rings is 1. The molecule has 8 nitrogen and oxygen atoms in total. The molecule has 0 spiro atoms. The van der Waals surface area contributed by atoms with Crippen molar-refractivity contribution in [2.45, 2.75) is 32.6 Å². The molecule has 1 aliphatic rings. The fraction of sp³-hybridized carbons (Fsp3) is 0.304. The molecule has 0 aromatic carbocycles. The van der Waals surface area contributed by atoms with Crippen molar-refractivity contribution in [3.63, 3.8) is 0 Å². The smallest absolute Gasteiger partial charge is 0.232 e. The largest absolute Gasteiger partial charge is 0.356 e. The second kappa shape index (κ2) is 8.59. The number of hydrogen-bond acceptors (Lipinski definition) is 7. The Kier molecular flexibility index (Phi) is 5.35. The molecule has 4 aromatic heterocycles. The van der Waals surface area contributed by atoms with Gasteiger partial charge in [0.1, 0.15) is 23.1 Å². The predicted molar refractivity (Wildman–Crippen MR) is 123 cm³/mol. The molecule has 158 valence electrons. The maximum absolute atomic E-state index is 4.80. The number of nitrogens with one attached hydrogen (secondary N) is 2. The van der Waals surface area contributed by atoms with Crippen LogP contribution in [0.25, 0.3) is 5.65 Å². The van der Waals surface area contributed by atoms with Crippen LogP contribution in [0.5, 0.6) is 0 Å². The third kappa shape index (κ3) is 4.42. The Morgan fingerprint density at radius 3 is 2.68 bits per heavy atom. The number of nitrogens with zero attached hydrogens (tertiary/aromatic N) is 6. The van der Waals surface area contributed by atoms with Crippen molar-refractivity contribution < 1.29 is 0 Å². The minimum Gasteiger partial charge on any atom is -0.356 e. The highest BCUT2D eigenvalue weighted by Crippen LogP contribution is 2.25. The first-order valence-electron chi connectivity index (χ1n) is 10.8. The zero-order valence-corrected chi connectivity index (χ0v) is 17.6. The van der Waals surface area contributed by atoms with Gasteiger partial charge in [0.15, 0.2) is 0 Å². The van der Waals surface area contributed by atoms with Gasteiger partial charge in [-0.3, -0.25) is 0 Å². The van der Waals surface area contributed by atoms with Crippen LogP contribution in [0.4, 0.5) is 29.1 Å². The van der Waals surface area contributed by atoms with Crippen LogP contribution in [-0.4, -0.2) is 37.4 Å². The third-order valence-corrected chi connectivity index (χ3v) is 5.47. The molecule has 31 heavy (non-hydrogen) atoms. The predicted octanol–water partition coefficient (Wildman–Crippen LogP) is 4.56. The second-order valence-electron chi connectivity index (χ2n) is 7.71. The molecule has 0 amide bonds. The lowest BCUT2D eigenvalue weighted by molar-refractivity contribution is 0.573. The summed E-state index contributed by atoms with van der Waals surface area (Å²) in [6.07, 6.45) is 10.2. The summed E-state index contributed by atoms with van der Waals surface area (Å²) in [5.74, 6) is 2.95. The number of imidazole rings is 1. The number of anilines is 5. The molecule has 0 bridgehead atoms. The lowest BCUT2D eigenvalue weighted by atomic mass is 10.1. The van der Waals surface area contributed by atoms with Crippen LogP contribution in [0.15, 0.2) is 55.0 Å². The zero-order chi connectivity index (χ0) is 21.0. The highest BCUT2D eigenvalue weighted by atomic mass is 15.3. The Hall–Kier alpha value is -3.68. The van der Waals surface area contributed by atoms with Gasteiger partial charge in [0.2, 0.25) is 5.95 Å². The quantitative estimate of drug-likeness (QED) is 0.478.